The fourth-order valence-corrected chi connectivity index (χ4v) is 2.22. The number of rotatable bonds is 2. The molecule has 0 bridgehead atoms. The molecule has 0 saturated carbocycles. The number of benzene rings is 1. The normalized spacial score (nSPS) is 13.3. The van der Waals surface area contributed by atoms with Gasteiger partial charge in [-0.25, -0.2) is 4.98 Å². The van der Waals surface area contributed by atoms with Crippen LogP contribution in [0.25, 0.3) is 16.6 Å². The Hall–Kier alpha value is -1.87. The highest BCUT2D eigenvalue weighted by atomic mass is 16.3. The highest BCUT2D eigenvalue weighted by molar-refractivity contribution is 5.79. The zero-order valence-corrected chi connectivity index (χ0v) is 9.67. The van der Waals surface area contributed by atoms with Gasteiger partial charge in [-0.3, -0.25) is 0 Å². The van der Waals surface area contributed by atoms with Gasteiger partial charge in [-0.05, 0) is 31.2 Å². The Labute approximate surface area is 99.3 Å². The lowest BCUT2D eigenvalue weighted by atomic mass is 10.2. The van der Waals surface area contributed by atoms with E-state index in [9.17, 15) is 5.11 Å². The Balaban J connectivity index is 2.35. The lowest BCUT2D eigenvalue weighted by Crippen LogP contribution is -2.08. The van der Waals surface area contributed by atoms with Crippen molar-refractivity contribution in [3.8, 4) is 0 Å². The molecule has 0 aliphatic carbocycles. The summed E-state index contributed by atoms with van der Waals surface area (Å²) in [6.07, 6.45) is 2.24. The van der Waals surface area contributed by atoms with Crippen molar-refractivity contribution in [2.45, 2.75) is 19.4 Å². The van der Waals surface area contributed by atoms with Crippen molar-refractivity contribution in [1.82, 2.24) is 9.38 Å². The predicted molar refractivity (Wildman–Crippen MR) is 68.1 cm³/mol. The molecular weight excluding hydrogens is 212 g/mol. The number of hydrogen-bond acceptors (Lipinski definition) is 2. The highest BCUT2D eigenvalue weighted by Gasteiger charge is 2.09. The summed E-state index contributed by atoms with van der Waals surface area (Å²) in [4.78, 5) is 4.63. The average molecular weight is 226 g/mol. The third kappa shape index (κ3) is 1.68. The van der Waals surface area contributed by atoms with Gasteiger partial charge in [-0.2, -0.15) is 0 Å². The molecule has 1 atom stereocenters. The summed E-state index contributed by atoms with van der Waals surface area (Å²) in [7, 11) is 0. The van der Waals surface area contributed by atoms with E-state index in [1.54, 1.807) is 6.92 Å². The van der Waals surface area contributed by atoms with Crippen molar-refractivity contribution in [3.05, 3.63) is 48.3 Å². The van der Waals surface area contributed by atoms with Crippen LogP contribution in [0, 0.1) is 0 Å². The number of aromatic nitrogens is 2. The van der Waals surface area contributed by atoms with Crippen LogP contribution in [0.1, 0.15) is 12.6 Å². The maximum Gasteiger partial charge on any atom is 0.0874 e. The van der Waals surface area contributed by atoms with Crippen molar-refractivity contribution in [1.29, 1.82) is 0 Å². The Morgan fingerprint density at radius 3 is 2.76 bits per heavy atom. The van der Waals surface area contributed by atoms with E-state index < -0.39 is 0 Å². The van der Waals surface area contributed by atoms with Crippen molar-refractivity contribution in [2.24, 2.45) is 0 Å². The summed E-state index contributed by atoms with van der Waals surface area (Å²) >= 11 is 0. The van der Waals surface area contributed by atoms with Crippen LogP contribution in [-0.2, 0) is 6.42 Å². The van der Waals surface area contributed by atoms with E-state index >= 15 is 0 Å². The second-order valence-electron chi connectivity index (χ2n) is 4.36. The molecule has 1 N–H and O–H groups in total. The summed E-state index contributed by atoms with van der Waals surface area (Å²) in [5.41, 5.74) is 4.09. The van der Waals surface area contributed by atoms with Gasteiger partial charge in [0.05, 0.1) is 28.3 Å². The molecule has 3 aromatic rings. The molecule has 0 saturated heterocycles. The van der Waals surface area contributed by atoms with Crippen LogP contribution in [0.4, 0.5) is 0 Å². The molecule has 0 aliphatic rings. The molecule has 17 heavy (non-hydrogen) atoms. The molecule has 3 rings (SSSR count). The van der Waals surface area contributed by atoms with E-state index in [4.69, 9.17) is 0 Å². The Kier molecular flexibility index (Phi) is 2.34. The molecule has 1 aromatic carbocycles. The lowest BCUT2D eigenvalue weighted by molar-refractivity contribution is 0.194. The second kappa shape index (κ2) is 3.86. The van der Waals surface area contributed by atoms with Gasteiger partial charge in [0.1, 0.15) is 0 Å². The van der Waals surface area contributed by atoms with Gasteiger partial charge in [-0.1, -0.05) is 12.1 Å². The number of hydrogen-bond donors (Lipinski definition) is 1. The van der Waals surface area contributed by atoms with Crippen molar-refractivity contribution in [2.75, 3.05) is 0 Å². The maximum absolute atomic E-state index is 9.53. The average Bonchev–Trinajstić information content (AvgIpc) is 2.78. The summed E-state index contributed by atoms with van der Waals surface area (Å²) in [6, 6.07) is 12.1. The topological polar surface area (TPSA) is 37.5 Å². The summed E-state index contributed by atoms with van der Waals surface area (Å²) in [6.45, 7) is 1.79. The predicted octanol–water partition coefficient (Wildman–Crippen LogP) is 2.41. The van der Waals surface area contributed by atoms with Gasteiger partial charge in [0, 0.05) is 12.6 Å². The van der Waals surface area contributed by atoms with Crippen molar-refractivity contribution < 1.29 is 5.11 Å². The molecule has 2 aromatic heterocycles. The minimum absolute atomic E-state index is 0.373. The number of aliphatic hydroxyl groups excluding tert-OH is 1. The first kappa shape index (κ1) is 10.3. The molecule has 3 heteroatoms. The van der Waals surface area contributed by atoms with E-state index in [-0.39, 0.29) is 6.10 Å². The minimum Gasteiger partial charge on any atom is -0.393 e. The molecule has 0 amide bonds. The molecule has 0 unspecified atom stereocenters. The fourth-order valence-electron chi connectivity index (χ4n) is 2.22. The van der Waals surface area contributed by atoms with Gasteiger partial charge in [-0.15, -0.1) is 0 Å². The van der Waals surface area contributed by atoms with Crippen LogP contribution in [-0.4, -0.2) is 20.6 Å². The van der Waals surface area contributed by atoms with Gasteiger partial charge < -0.3 is 9.51 Å². The zero-order chi connectivity index (χ0) is 11.8. The Morgan fingerprint density at radius 2 is 1.94 bits per heavy atom. The fraction of sp³-hybridized carbons (Fsp3) is 0.214. The first-order valence-electron chi connectivity index (χ1n) is 5.78. The summed E-state index contributed by atoms with van der Waals surface area (Å²) < 4.78 is 2.13. The smallest absolute Gasteiger partial charge is 0.0874 e. The van der Waals surface area contributed by atoms with E-state index in [1.165, 1.54) is 0 Å². The third-order valence-corrected chi connectivity index (χ3v) is 2.93. The SMILES string of the molecule is C[C@H](O)Cc1nc2ccccc2n2cccc12. The van der Waals surface area contributed by atoms with E-state index in [2.05, 4.69) is 15.5 Å². The standard InChI is InChI=1S/C14H14N2O/c1-10(17)9-12-14-7-4-8-16(14)13-6-3-2-5-11(13)15-12/h2-8,10,17H,9H2,1H3/t10-/m0/s1. The zero-order valence-electron chi connectivity index (χ0n) is 9.67. The largest absolute Gasteiger partial charge is 0.393 e. The molecule has 3 nitrogen and oxygen atoms in total. The molecule has 2 heterocycles. The molecule has 86 valence electrons. The maximum atomic E-state index is 9.53. The third-order valence-electron chi connectivity index (χ3n) is 2.93. The number of nitrogens with zero attached hydrogens (tertiary/aromatic N) is 2. The number of aliphatic hydroxyl groups is 1. The van der Waals surface area contributed by atoms with Gasteiger partial charge >= 0.3 is 0 Å². The summed E-state index contributed by atoms with van der Waals surface area (Å²) in [5.74, 6) is 0. The Bertz CT molecular complexity index is 670. The Morgan fingerprint density at radius 1 is 1.18 bits per heavy atom. The van der Waals surface area contributed by atoms with Crippen LogP contribution in [0.15, 0.2) is 42.6 Å². The number of fused-ring (bicyclic) bond motifs is 3. The first-order valence-corrected chi connectivity index (χ1v) is 5.78. The van der Waals surface area contributed by atoms with Crippen LogP contribution < -0.4 is 0 Å². The monoisotopic (exact) mass is 226 g/mol. The molecule has 0 radical (unpaired) electrons. The molecule has 0 fully saturated rings. The quantitative estimate of drug-likeness (QED) is 0.728. The first-order chi connectivity index (χ1) is 8.25. The van der Waals surface area contributed by atoms with Crippen LogP contribution >= 0.6 is 0 Å². The van der Waals surface area contributed by atoms with E-state index in [1.807, 2.05) is 36.5 Å². The molecule has 0 spiro atoms. The lowest BCUT2D eigenvalue weighted by Gasteiger charge is -2.09. The van der Waals surface area contributed by atoms with Gasteiger partial charge in [0.25, 0.3) is 0 Å². The second-order valence-corrected chi connectivity index (χ2v) is 4.36. The van der Waals surface area contributed by atoms with Crippen molar-refractivity contribution >= 4 is 16.6 Å². The number of para-hydroxylation sites is 2. The van der Waals surface area contributed by atoms with E-state index in [0.29, 0.717) is 6.42 Å². The minimum atomic E-state index is -0.373. The van der Waals surface area contributed by atoms with Crippen LogP contribution in [0.5, 0.6) is 0 Å². The van der Waals surface area contributed by atoms with Crippen LogP contribution in [0.2, 0.25) is 0 Å². The van der Waals surface area contributed by atoms with Crippen molar-refractivity contribution in [3.63, 3.8) is 0 Å². The highest BCUT2D eigenvalue weighted by Crippen LogP contribution is 2.19. The van der Waals surface area contributed by atoms with E-state index in [0.717, 1.165) is 22.2 Å². The molecule has 0 aliphatic heterocycles. The van der Waals surface area contributed by atoms with Gasteiger partial charge in [0.15, 0.2) is 0 Å². The molecular formula is C14H14N2O. The van der Waals surface area contributed by atoms with Gasteiger partial charge in [0.2, 0.25) is 0 Å². The summed E-state index contributed by atoms with van der Waals surface area (Å²) in [5, 5.41) is 9.53. The van der Waals surface area contributed by atoms with Crippen LogP contribution in [0.3, 0.4) is 0 Å².